The first-order valence-electron chi connectivity index (χ1n) is 7.31. The third-order valence-corrected chi connectivity index (χ3v) is 8.01. The summed E-state index contributed by atoms with van der Waals surface area (Å²) in [5, 5.41) is 0.408. The molecular weight excluding hydrogens is 378 g/mol. The van der Waals surface area contributed by atoms with Gasteiger partial charge in [0.15, 0.2) is 0 Å². The highest BCUT2D eigenvalue weighted by molar-refractivity contribution is 8.03. The van der Waals surface area contributed by atoms with Crippen molar-refractivity contribution in [1.29, 1.82) is 0 Å². The molecule has 4 nitrogen and oxygen atoms in total. The SMILES string of the molecule is O=S(=O)(N=S(=O)(c1ccccc1)c1ccccc1)c1ccc(Cl)cc1. The lowest BCUT2D eigenvalue weighted by molar-refractivity contribution is 0.598. The second-order valence-corrected chi connectivity index (χ2v) is 9.60. The van der Waals surface area contributed by atoms with Gasteiger partial charge in [0, 0.05) is 5.02 Å². The van der Waals surface area contributed by atoms with E-state index >= 15 is 0 Å². The van der Waals surface area contributed by atoms with Crippen LogP contribution in [0.1, 0.15) is 0 Å². The van der Waals surface area contributed by atoms with E-state index in [4.69, 9.17) is 11.6 Å². The molecule has 3 aromatic carbocycles. The van der Waals surface area contributed by atoms with E-state index in [1.807, 2.05) is 0 Å². The Kier molecular flexibility index (Phi) is 4.94. The summed E-state index contributed by atoms with van der Waals surface area (Å²) >= 11 is 5.80. The van der Waals surface area contributed by atoms with Gasteiger partial charge in [-0.05, 0) is 48.5 Å². The Hall–Kier alpha value is -2.15. The average Bonchev–Trinajstić information content (AvgIpc) is 2.63. The van der Waals surface area contributed by atoms with Gasteiger partial charge in [0.05, 0.1) is 14.7 Å². The van der Waals surface area contributed by atoms with E-state index in [1.54, 1.807) is 60.7 Å². The Morgan fingerprint density at radius 2 is 1.04 bits per heavy atom. The molecule has 25 heavy (non-hydrogen) atoms. The highest BCUT2D eigenvalue weighted by atomic mass is 35.5. The third kappa shape index (κ3) is 3.76. The Balaban J connectivity index is 2.27. The predicted octanol–water partition coefficient (Wildman–Crippen LogP) is 4.61. The van der Waals surface area contributed by atoms with Crippen LogP contribution in [-0.2, 0) is 19.8 Å². The van der Waals surface area contributed by atoms with E-state index in [-0.39, 0.29) is 4.90 Å². The summed E-state index contributed by atoms with van der Waals surface area (Å²) in [6, 6.07) is 22.3. The molecule has 0 fully saturated rings. The molecule has 0 atom stereocenters. The monoisotopic (exact) mass is 391 g/mol. The maximum atomic E-state index is 13.7. The van der Waals surface area contributed by atoms with Gasteiger partial charge in [-0.2, -0.15) is 8.42 Å². The lowest BCUT2D eigenvalue weighted by Crippen LogP contribution is -2.07. The first kappa shape index (κ1) is 17.7. The number of nitrogens with zero attached hydrogens (tertiary/aromatic N) is 1. The maximum Gasteiger partial charge on any atom is 0.290 e. The van der Waals surface area contributed by atoms with Crippen LogP contribution in [0.4, 0.5) is 0 Å². The van der Waals surface area contributed by atoms with Crippen LogP contribution in [0.2, 0.25) is 5.02 Å². The van der Waals surface area contributed by atoms with Crippen molar-refractivity contribution in [3.63, 3.8) is 0 Å². The summed E-state index contributed by atoms with van der Waals surface area (Å²) in [5.41, 5.74) is 0. The molecule has 0 aliphatic rings. The number of benzene rings is 3. The van der Waals surface area contributed by atoms with Crippen molar-refractivity contribution in [2.24, 2.45) is 3.77 Å². The second kappa shape index (κ2) is 7.00. The number of halogens is 1. The van der Waals surface area contributed by atoms with Crippen LogP contribution in [0, 0.1) is 0 Å². The molecule has 0 amide bonds. The fourth-order valence-corrected chi connectivity index (χ4v) is 6.29. The third-order valence-electron chi connectivity index (χ3n) is 3.44. The van der Waals surface area contributed by atoms with Crippen LogP contribution in [0.5, 0.6) is 0 Å². The van der Waals surface area contributed by atoms with Crippen molar-refractivity contribution in [2.75, 3.05) is 0 Å². The van der Waals surface area contributed by atoms with Gasteiger partial charge < -0.3 is 0 Å². The van der Waals surface area contributed by atoms with Crippen LogP contribution < -0.4 is 0 Å². The van der Waals surface area contributed by atoms with Gasteiger partial charge in [0.25, 0.3) is 10.0 Å². The minimum atomic E-state index is -4.14. The van der Waals surface area contributed by atoms with E-state index in [0.29, 0.717) is 14.8 Å². The lowest BCUT2D eigenvalue weighted by atomic mass is 10.4. The minimum absolute atomic E-state index is 0.0588. The first-order chi connectivity index (χ1) is 11.9. The van der Waals surface area contributed by atoms with Crippen molar-refractivity contribution in [3.05, 3.63) is 90.0 Å². The number of hydrogen-bond donors (Lipinski definition) is 0. The van der Waals surface area contributed by atoms with Gasteiger partial charge in [0.1, 0.15) is 9.73 Å². The molecule has 7 heteroatoms. The van der Waals surface area contributed by atoms with E-state index < -0.39 is 19.8 Å². The standard InChI is InChI=1S/C18H14ClNO3S2/c19-15-11-13-18(14-12-15)25(22,23)20-24(21,16-7-3-1-4-8-16)17-9-5-2-6-10-17/h1-14H. The van der Waals surface area contributed by atoms with E-state index in [1.165, 1.54) is 24.3 Å². The summed E-state index contributed by atoms with van der Waals surface area (Å²) in [6.45, 7) is 0. The van der Waals surface area contributed by atoms with Crippen molar-refractivity contribution < 1.29 is 12.6 Å². The molecule has 0 N–H and O–H groups in total. The van der Waals surface area contributed by atoms with Crippen LogP contribution >= 0.6 is 11.6 Å². The van der Waals surface area contributed by atoms with Gasteiger partial charge in [-0.3, -0.25) is 0 Å². The molecule has 128 valence electrons. The molecular formula is C18H14ClNO3S2. The Morgan fingerprint density at radius 1 is 0.600 bits per heavy atom. The predicted molar refractivity (Wildman–Crippen MR) is 98.6 cm³/mol. The van der Waals surface area contributed by atoms with Gasteiger partial charge >= 0.3 is 0 Å². The summed E-state index contributed by atoms with van der Waals surface area (Å²) in [4.78, 5) is 0.606. The zero-order chi connectivity index (χ0) is 17.9. The summed E-state index contributed by atoms with van der Waals surface area (Å²) in [7, 11) is -7.50. The summed E-state index contributed by atoms with van der Waals surface area (Å²) < 4.78 is 42.9. The molecule has 0 bridgehead atoms. The van der Waals surface area contributed by atoms with Crippen LogP contribution in [-0.4, -0.2) is 12.6 Å². The smallest absolute Gasteiger partial charge is 0.239 e. The molecule has 0 aliphatic heterocycles. The van der Waals surface area contributed by atoms with E-state index in [2.05, 4.69) is 3.77 Å². The largest absolute Gasteiger partial charge is 0.290 e. The second-order valence-electron chi connectivity index (χ2n) is 5.16. The van der Waals surface area contributed by atoms with Gasteiger partial charge in [0.2, 0.25) is 0 Å². The molecule has 0 saturated carbocycles. The molecule has 3 rings (SSSR count). The number of hydrogen-bond acceptors (Lipinski definition) is 3. The van der Waals surface area contributed by atoms with Gasteiger partial charge in [-0.1, -0.05) is 51.8 Å². The zero-order valence-electron chi connectivity index (χ0n) is 12.9. The molecule has 0 spiro atoms. The zero-order valence-corrected chi connectivity index (χ0v) is 15.3. The fraction of sp³-hybridized carbons (Fsp3) is 0. The van der Waals surface area contributed by atoms with Crippen molar-refractivity contribution in [1.82, 2.24) is 0 Å². The van der Waals surface area contributed by atoms with Crippen molar-refractivity contribution in [2.45, 2.75) is 14.7 Å². The fourth-order valence-electron chi connectivity index (χ4n) is 2.22. The highest BCUT2D eigenvalue weighted by Gasteiger charge is 2.22. The van der Waals surface area contributed by atoms with Crippen LogP contribution in [0.25, 0.3) is 0 Å². The Morgan fingerprint density at radius 3 is 1.48 bits per heavy atom. The van der Waals surface area contributed by atoms with E-state index in [0.717, 1.165) is 0 Å². The maximum absolute atomic E-state index is 13.7. The minimum Gasteiger partial charge on any atom is -0.239 e. The van der Waals surface area contributed by atoms with Gasteiger partial charge in [-0.25, -0.2) is 4.21 Å². The molecule has 0 radical (unpaired) electrons. The highest BCUT2D eigenvalue weighted by Crippen LogP contribution is 2.27. The van der Waals surface area contributed by atoms with E-state index in [9.17, 15) is 12.6 Å². The molecule has 0 aliphatic carbocycles. The number of sulfonamides is 1. The van der Waals surface area contributed by atoms with Crippen molar-refractivity contribution >= 4 is 31.4 Å². The Labute approximate surface area is 152 Å². The molecule has 3 aromatic rings. The van der Waals surface area contributed by atoms with Crippen molar-refractivity contribution in [3.8, 4) is 0 Å². The molecule has 0 heterocycles. The molecule has 0 unspecified atom stereocenters. The molecule has 0 saturated heterocycles. The average molecular weight is 392 g/mol. The summed E-state index contributed by atoms with van der Waals surface area (Å²) in [5.74, 6) is 0. The van der Waals surface area contributed by atoms with Crippen LogP contribution in [0.3, 0.4) is 0 Å². The number of rotatable bonds is 4. The Bertz CT molecular complexity index is 1040. The molecule has 0 aromatic heterocycles. The summed E-state index contributed by atoms with van der Waals surface area (Å²) in [6.07, 6.45) is 0. The topological polar surface area (TPSA) is 63.6 Å². The lowest BCUT2D eigenvalue weighted by Gasteiger charge is -2.11. The first-order valence-corrected chi connectivity index (χ1v) is 10.6. The normalized spacial score (nSPS) is 11.9. The van der Waals surface area contributed by atoms with Gasteiger partial charge in [-0.15, -0.1) is 0 Å². The quantitative estimate of drug-likeness (QED) is 0.652. The van der Waals surface area contributed by atoms with Crippen LogP contribution in [0.15, 0.2) is 103 Å².